The highest BCUT2D eigenvalue weighted by Gasteiger charge is 2.83. The molecule has 4 aliphatic heterocycles. The SMILES string of the molecule is CCC(C)(C)C(=O)OCCOC1(C)C2(C)CC3C(C2C)C1(C)OS3(=O)=O.CCC(C)(C)C(=O)OCCOC1(C)C2CC3C1OS(=O)(=O)C3C2.CCC(C)(C)C(=O)OCCOC1C2CC3C(C)(C2)C1OS3(=O)=O.CCC(C)(C)C(=O)OCCOC1C2OS(=O)(=O)C3CC1C(C)(C)C23. The van der Waals surface area contributed by atoms with Crippen molar-refractivity contribution in [2.75, 3.05) is 52.9 Å². The van der Waals surface area contributed by atoms with Crippen molar-refractivity contribution in [3.63, 3.8) is 0 Å². The number of hydrogen-bond acceptors (Lipinski definition) is 24. The monoisotopic (exact) mass is 1440 g/mol. The summed E-state index contributed by atoms with van der Waals surface area (Å²) in [5, 5.41) is -1.55. The van der Waals surface area contributed by atoms with E-state index in [9.17, 15) is 52.8 Å². The topological polar surface area (TPSA) is 316 Å². The van der Waals surface area contributed by atoms with E-state index in [0.29, 0.717) is 51.4 Å². The summed E-state index contributed by atoms with van der Waals surface area (Å²) in [4.78, 5) is 47.9. The van der Waals surface area contributed by atoms with Gasteiger partial charge in [-0.15, -0.1) is 0 Å². The third-order valence-corrected chi connectivity index (χ3v) is 33.8. The third kappa shape index (κ3) is 12.9. The van der Waals surface area contributed by atoms with Gasteiger partial charge in [-0.2, -0.15) is 33.7 Å². The van der Waals surface area contributed by atoms with Gasteiger partial charge in [0.2, 0.25) is 0 Å². The average Bonchev–Trinajstić information content (AvgIpc) is 1.48. The van der Waals surface area contributed by atoms with Crippen LogP contribution in [0.3, 0.4) is 0 Å². The molecule has 552 valence electrons. The first kappa shape index (κ1) is 77.5. The Labute approximate surface area is 571 Å². The minimum Gasteiger partial charge on any atom is -0.463 e. The number of fused-ring (bicyclic) bond motifs is 4. The number of carbonyl (C=O) groups is 4. The Bertz CT molecular complexity index is 3420. The lowest BCUT2D eigenvalue weighted by Gasteiger charge is -2.49. The molecule has 12 rings (SSSR count). The maximum atomic E-state index is 12.5. The van der Waals surface area contributed by atoms with E-state index in [2.05, 4.69) is 27.7 Å². The van der Waals surface area contributed by atoms with Gasteiger partial charge in [0.25, 0.3) is 40.5 Å². The van der Waals surface area contributed by atoms with Crippen molar-refractivity contribution < 1.29 is 107 Å². The summed E-state index contributed by atoms with van der Waals surface area (Å²) >= 11 is 0. The highest BCUT2D eigenvalue weighted by molar-refractivity contribution is 7.88. The fraction of sp³-hybridized carbons (Fsp3) is 0.941. The quantitative estimate of drug-likeness (QED) is 0.0377. The molecule has 8 saturated carbocycles. The van der Waals surface area contributed by atoms with Gasteiger partial charge < -0.3 is 37.9 Å². The van der Waals surface area contributed by atoms with E-state index in [1.54, 1.807) is 0 Å². The molecule has 21 unspecified atom stereocenters. The van der Waals surface area contributed by atoms with Crippen molar-refractivity contribution in [1.82, 2.24) is 0 Å². The molecular weight excluding hydrogens is 1330 g/mol. The first-order valence-electron chi connectivity index (χ1n) is 34.9. The first-order valence-corrected chi connectivity index (χ1v) is 40.8. The van der Waals surface area contributed by atoms with Crippen molar-refractivity contribution in [1.29, 1.82) is 0 Å². The second-order valence-electron chi connectivity index (χ2n) is 33.6. The molecule has 28 heteroatoms. The van der Waals surface area contributed by atoms with E-state index in [0.717, 1.165) is 12.8 Å². The largest absolute Gasteiger partial charge is 0.463 e. The van der Waals surface area contributed by atoms with Crippen LogP contribution < -0.4 is 0 Å². The van der Waals surface area contributed by atoms with E-state index >= 15 is 0 Å². The lowest BCUT2D eigenvalue weighted by atomic mass is 9.66. The fourth-order valence-corrected chi connectivity index (χ4v) is 26.7. The van der Waals surface area contributed by atoms with Crippen molar-refractivity contribution in [3.8, 4) is 0 Å². The van der Waals surface area contributed by atoms with Gasteiger partial charge in [0, 0.05) is 28.6 Å². The average molecular weight is 1440 g/mol. The Morgan fingerprint density at radius 3 is 1.44 bits per heavy atom. The van der Waals surface area contributed by atoms with E-state index < -0.39 is 90.3 Å². The van der Waals surface area contributed by atoms with E-state index in [1.165, 1.54) is 0 Å². The zero-order valence-corrected chi connectivity index (χ0v) is 63.7. The first-order chi connectivity index (χ1) is 44.0. The van der Waals surface area contributed by atoms with Crippen molar-refractivity contribution >= 4 is 64.3 Å². The Hall–Kier alpha value is -2.64. The lowest BCUT2D eigenvalue weighted by Crippen LogP contribution is -2.60. The third-order valence-electron chi connectivity index (χ3n) is 26.6. The molecular formula is C68H112O24S4. The van der Waals surface area contributed by atoms with Crippen LogP contribution in [0.5, 0.6) is 0 Å². The molecule has 4 saturated heterocycles. The molecule has 0 amide bonds. The summed E-state index contributed by atoms with van der Waals surface area (Å²) in [5.74, 6) is -0.199. The molecule has 0 radical (unpaired) electrons. The molecule has 0 aromatic carbocycles. The van der Waals surface area contributed by atoms with Crippen LogP contribution in [0.2, 0.25) is 0 Å². The number of hydrogen-bond donors (Lipinski definition) is 0. The second kappa shape index (κ2) is 26.3. The molecule has 0 aromatic rings. The normalized spacial score (nSPS) is 41.5. The Morgan fingerprint density at radius 2 is 0.938 bits per heavy atom. The molecule has 12 fully saturated rings. The van der Waals surface area contributed by atoms with Crippen molar-refractivity contribution in [2.24, 2.45) is 79.3 Å². The molecule has 0 N–H and O–H groups in total. The molecule has 24 nitrogen and oxygen atoms in total. The molecule has 21 atom stereocenters. The number of esters is 4. The second-order valence-corrected chi connectivity index (χ2v) is 40.7. The van der Waals surface area contributed by atoms with Gasteiger partial charge in [-0.05, 0) is 169 Å². The van der Waals surface area contributed by atoms with Crippen LogP contribution in [0.25, 0.3) is 0 Å². The van der Waals surface area contributed by atoms with E-state index in [-0.39, 0.29) is 175 Å². The van der Waals surface area contributed by atoms with Crippen LogP contribution in [0.4, 0.5) is 0 Å². The Morgan fingerprint density at radius 1 is 0.479 bits per heavy atom. The minimum atomic E-state index is -3.56. The summed E-state index contributed by atoms with van der Waals surface area (Å²) in [6, 6.07) is 0. The van der Waals surface area contributed by atoms with Crippen LogP contribution in [0.15, 0.2) is 0 Å². The Balaban J connectivity index is 0.000000150. The maximum absolute atomic E-state index is 12.5. The van der Waals surface area contributed by atoms with Crippen LogP contribution in [-0.2, 0) is 114 Å². The Kier molecular flexibility index (Phi) is 21.2. The number of ether oxygens (including phenoxy) is 8. The minimum absolute atomic E-state index is 0.000856. The predicted molar refractivity (Wildman–Crippen MR) is 351 cm³/mol. The summed E-state index contributed by atoms with van der Waals surface area (Å²) in [6.45, 7) is 40.5. The highest BCUT2D eigenvalue weighted by atomic mass is 32.2. The molecule has 96 heavy (non-hydrogen) atoms. The van der Waals surface area contributed by atoms with E-state index in [4.69, 9.17) is 54.6 Å². The van der Waals surface area contributed by atoms with Gasteiger partial charge in [-0.1, -0.05) is 62.3 Å². The summed E-state index contributed by atoms with van der Waals surface area (Å²) in [6.07, 6.45) is 5.26. The summed E-state index contributed by atoms with van der Waals surface area (Å²) < 4.78 is 164. The molecule has 4 heterocycles. The molecule has 8 aliphatic carbocycles. The van der Waals surface area contributed by atoms with E-state index in [1.807, 2.05) is 111 Å². The molecule has 0 aromatic heterocycles. The lowest BCUT2D eigenvalue weighted by molar-refractivity contribution is -0.200. The zero-order chi connectivity index (χ0) is 71.8. The van der Waals surface area contributed by atoms with Crippen LogP contribution in [-0.4, -0.2) is 179 Å². The summed E-state index contributed by atoms with van der Waals surface area (Å²) in [7, 11) is -13.9. The van der Waals surface area contributed by atoms with Crippen LogP contribution >= 0.6 is 0 Å². The number of carbonyl (C=O) groups excluding carboxylic acids is 4. The van der Waals surface area contributed by atoms with Crippen molar-refractivity contribution in [3.05, 3.63) is 0 Å². The molecule has 12 aliphatic rings. The molecule has 0 spiro atoms. The van der Waals surface area contributed by atoms with Crippen molar-refractivity contribution in [2.45, 2.75) is 271 Å². The van der Waals surface area contributed by atoms with Gasteiger partial charge in [0.15, 0.2) is 0 Å². The van der Waals surface area contributed by atoms with Gasteiger partial charge in [0.05, 0.1) is 86.9 Å². The zero-order valence-electron chi connectivity index (χ0n) is 60.4. The number of rotatable bonds is 24. The van der Waals surface area contributed by atoms with Gasteiger partial charge >= 0.3 is 23.9 Å². The standard InChI is InChI=1S/C19H32O6S.C17H28O6S.2C16H26O6S/c1-8-16(3,4)15(20)23-9-10-24-19(7)17(5)11-13-14(12(17)2)18(19,6)25-26(13,21)22;1-6-16(2,3)15(18)22-8-7-21-13-10-9-11-12(17(10,4)5)14(13)23-24(11,19)20;1-5-15(2,3)14(17)21-7-6-20-12-10-8-11-16(4,9-10)13(12)22-23(11,18)19;1-5-15(2,3)14(17)20-6-7-21-16(4)10-8-11-12(9-10)23(18,19)22-13(11)16/h12-14H,8-11H2,1-7H3;10-14H,6-9H2,1-5H3;2*10-13H,5-9H2,1-4H3. The van der Waals surface area contributed by atoms with Gasteiger partial charge in [-0.3, -0.25) is 35.9 Å². The summed E-state index contributed by atoms with van der Waals surface area (Å²) in [5.41, 5.74) is -4.96. The maximum Gasteiger partial charge on any atom is 0.311 e. The predicted octanol–water partition coefficient (Wildman–Crippen LogP) is 8.78. The van der Waals surface area contributed by atoms with Gasteiger partial charge in [0.1, 0.15) is 55.9 Å². The molecule has 8 bridgehead atoms. The smallest absolute Gasteiger partial charge is 0.311 e. The van der Waals surface area contributed by atoms with Crippen LogP contribution in [0, 0.1) is 79.3 Å². The fourth-order valence-electron chi connectivity index (χ4n) is 18.4. The van der Waals surface area contributed by atoms with Crippen LogP contribution in [0.1, 0.15) is 203 Å². The van der Waals surface area contributed by atoms with Gasteiger partial charge in [-0.25, -0.2) is 0 Å². The highest BCUT2D eigenvalue weighted by Crippen LogP contribution is 2.74.